The lowest BCUT2D eigenvalue weighted by molar-refractivity contribution is 1.01. The molecule has 0 saturated carbocycles. The molecule has 10 heavy (non-hydrogen) atoms. The number of hydrogen-bond acceptors (Lipinski definition) is 3. The Morgan fingerprint density at radius 3 is 2.60 bits per heavy atom. The number of aromatic amines is 1. The van der Waals surface area contributed by atoms with E-state index in [1.54, 1.807) is 0 Å². The van der Waals surface area contributed by atoms with Gasteiger partial charge in [0, 0.05) is 5.69 Å². The summed E-state index contributed by atoms with van der Waals surface area (Å²) in [5.41, 5.74) is 7.01. The number of hydrogen-bond donors (Lipinski definition) is 2. The Bertz CT molecular complexity index is 302. The van der Waals surface area contributed by atoms with E-state index in [1.165, 1.54) is 0 Å². The van der Waals surface area contributed by atoms with Crippen LogP contribution >= 0.6 is 12.2 Å². The molecule has 3 N–H and O–H groups in total. The van der Waals surface area contributed by atoms with Crippen LogP contribution in [-0.2, 0) is 0 Å². The Kier molecular flexibility index (Phi) is 1.72. The van der Waals surface area contributed by atoms with Gasteiger partial charge in [-0.3, -0.25) is 0 Å². The molecule has 1 heterocycles. The lowest BCUT2D eigenvalue weighted by atomic mass is 10.4. The summed E-state index contributed by atoms with van der Waals surface area (Å²) in [4.78, 5) is 6.94. The van der Waals surface area contributed by atoms with Crippen molar-refractivity contribution in [2.45, 2.75) is 13.8 Å². The van der Waals surface area contributed by atoms with E-state index in [-0.39, 0.29) is 0 Å². The van der Waals surface area contributed by atoms with Gasteiger partial charge in [-0.15, -0.1) is 0 Å². The number of nitrogens with two attached hydrogens (primary N) is 1. The fourth-order valence-electron chi connectivity index (χ4n) is 0.740. The van der Waals surface area contributed by atoms with Gasteiger partial charge >= 0.3 is 0 Å². The maximum Gasteiger partial charge on any atom is 0.152 e. The molecule has 0 atom stereocenters. The zero-order valence-corrected chi connectivity index (χ0v) is 6.75. The number of nitrogens with zero attached hydrogens (tertiary/aromatic N) is 1. The average Bonchev–Trinajstić information content (AvgIpc) is 1.82. The molecular formula is C6H9N3S. The highest BCUT2D eigenvalue weighted by Crippen LogP contribution is 2.06. The van der Waals surface area contributed by atoms with Crippen molar-refractivity contribution >= 4 is 17.9 Å². The first-order valence-corrected chi connectivity index (χ1v) is 3.35. The minimum absolute atomic E-state index is 0.480. The normalized spacial score (nSPS) is 9.80. The van der Waals surface area contributed by atoms with E-state index in [0.717, 1.165) is 11.5 Å². The molecular weight excluding hydrogens is 146 g/mol. The van der Waals surface area contributed by atoms with Gasteiger partial charge in [-0.1, -0.05) is 12.2 Å². The number of H-pyrrole nitrogens is 1. The number of aryl methyl sites for hydroxylation is 2. The largest absolute Gasteiger partial charge is 0.395 e. The molecule has 0 aromatic carbocycles. The molecule has 0 bridgehead atoms. The van der Waals surface area contributed by atoms with Crippen molar-refractivity contribution in [2.24, 2.45) is 0 Å². The number of nitrogen functional groups attached to an aromatic ring is 1. The van der Waals surface area contributed by atoms with Crippen LogP contribution in [-0.4, -0.2) is 9.97 Å². The molecule has 0 unspecified atom stereocenters. The number of rotatable bonds is 0. The van der Waals surface area contributed by atoms with E-state index in [2.05, 4.69) is 9.97 Å². The lowest BCUT2D eigenvalue weighted by Crippen LogP contribution is -1.98. The maximum absolute atomic E-state index is 5.55. The van der Waals surface area contributed by atoms with Gasteiger partial charge in [0.1, 0.15) is 5.82 Å². The Hall–Kier alpha value is -0.900. The lowest BCUT2D eigenvalue weighted by Gasteiger charge is -1.99. The molecule has 0 aliphatic carbocycles. The molecule has 1 rings (SSSR count). The predicted octanol–water partition coefficient (Wildman–Crippen LogP) is 1.34. The van der Waals surface area contributed by atoms with E-state index in [1.807, 2.05) is 13.8 Å². The van der Waals surface area contributed by atoms with Crippen molar-refractivity contribution in [2.75, 3.05) is 5.73 Å². The standard InChI is InChI=1S/C6H9N3S/c1-3-5(7)6(10)9-4(2)8-3/h7H2,1-2H3,(H,8,9,10). The van der Waals surface area contributed by atoms with Gasteiger partial charge in [0.05, 0.1) is 5.69 Å². The van der Waals surface area contributed by atoms with E-state index in [0.29, 0.717) is 10.3 Å². The molecule has 54 valence electrons. The monoisotopic (exact) mass is 155 g/mol. The molecule has 0 radical (unpaired) electrons. The molecule has 3 nitrogen and oxygen atoms in total. The SMILES string of the molecule is Cc1nc(=S)c(N)c(C)[nH]1. The smallest absolute Gasteiger partial charge is 0.152 e. The molecule has 0 amide bonds. The molecule has 0 fully saturated rings. The highest BCUT2D eigenvalue weighted by molar-refractivity contribution is 7.71. The summed E-state index contributed by atoms with van der Waals surface area (Å²) in [5, 5.41) is 0. The number of nitrogens with one attached hydrogen (secondary N) is 1. The van der Waals surface area contributed by atoms with Gasteiger partial charge in [-0.25, -0.2) is 4.98 Å². The fourth-order valence-corrected chi connectivity index (χ4v) is 1.03. The average molecular weight is 155 g/mol. The number of anilines is 1. The van der Waals surface area contributed by atoms with E-state index >= 15 is 0 Å². The van der Waals surface area contributed by atoms with Gasteiger partial charge in [0.2, 0.25) is 0 Å². The third-order valence-electron chi connectivity index (χ3n) is 1.27. The summed E-state index contributed by atoms with van der Waals surface area (Å²) < 4.78 is 0.480. The Balaban J connectivity index is 3.46. The quantitative estimate of drug-likeness (QED) is 0.556. The fraction of sp³-hybridized carbons (Fsp3) is 0.333. The van der Waals surface area contributed by atoms with Crippen molar-refractivity contribution in [3.05, 3.63) is 16.2 Å². The zero-order chi connectivity index (χ0) is 7.72. The van der Waals surface area contributed by atoms with Crippen LogP contribution in [0.1, 0.15) is 11.5 Å². The predicted molar refractivity (Wildman–Crippen MR) is 43.3 cm³/mol. The molecule has 0 aliphatic heterocycles. The summed E-state index contributed by atoms with van der Waals surface area (Å²) in [6.07, 6.45) is 0. The summed E-state index contributed by atoms with van der Waals surface area (Å²) >= 11 is 4.87. The van der Waals surface area contributed by atoms with Crippen LogP contribution in [0.3, 0.4) is 0 Å². The Morgan fingerprint density at radius 2 is 2.10 bits per heavy atom. The maximum atomic E-state index is 5.55. The van der Waals surface area contributed by atoms with Crippen LogP contribution in [0, 0.1) is 18.5 Å². The van der Waals surface area contributed by atoms with Crippen LogP contribution < -0.4 is 5.73 Å². The van der Waals surface area contributed by atoms with E-state index in [4.69, 9.17) is 18.0 Å². The Morgan fingerprint density at radius 1 is 1.50 bits per heavy atom. The van der Waals surface area contributed by atoms with Crippen molar-refractivity contribution in [1.82, 2.24) is 9.97 Å². The third kappa shape index (κ3) is 1.16. The second kappa shape index (κ2) is 2.38. The van der Waals surface area contributed by atoms with E-state index in [9.17, 15) is 0 Å². The van der Waals surface area contributed by atoms with Gasteiger partial charge < -0.3 is 10.7 Å². The molecule has 0 saturated heterocycles. The summed E-state index contributed by atoms with van der Waals surface area (Å²) in [7, 11) is 0. The van der Waals surface area contributed by atoms with Crippen molar-refractivity contribution in [3.63, 3.8) is 0 Å². The first kappa shape index (κ1) is 7.21. The van der Waals surface area contributed by atoms with Crippen LogP contribution in [0.15, 0.2) is 0 Å². The van der Waals surface area contributed by atoms with Gasteiger partial charge in [0.15, 0.2) is 4.64 Å². The first-order valence-electron chi connectivity index (χ1n) is 2.94. The minimum atomic E-state index is 0.480. The van der Waals surface area contributed by atoms with Gasteiger partial charge in [0.25, 0.3) is 0 Å². The Labute approximate surface area is 64.3 Å². The van der Waals surface area contributed by atoms with Crippen molar-refractivity contribution < 1.29 is 0 Å². The first-order chi connectivity index (χ1) is 4.61. The second-order valence-corrected chi connectivity index (χ2v) is 2.55. The van der Waals surface area contributed by atoms with Gasteiger partial charge in [-0.05, 0) is 13.8 Å². The van der Waals surface area contributed by atoms with E-state index < -0.39 is 0 Å². The van der Waals surface area contributed by atoms with Crippen LogP contribution in [0.5, 0.6) is 0 Å². The summed E-state index contributed by atoms with van der Waals surface area (Å²) in [5.74, 6) is 0.802. The molecule has 0 spiro atoms. The van der Waals surface area contributed by atoms with Crippen LogP contribution in [0.25, 0.3) is 0 Å². The third-order valence-corrected chi connectivity index (χ3v) is 1.58. The van der Waals surface area contributed by atoms with Crippen LogP contribution in [0.2, 0.25) is 0 Å². The topological polar surface area (TPSA) is 54.7 Å². The van der Waals surface area contributed by atoms with Gasteiger partial charge in [-0.2, -0.15) is 0 Å². The summed E-state index contributed by atoms with van der Waals surface area (Å²) in [6.45, 7) is 3.72. The number of aromatic nitrogens is 2. The second-order valence-electron chi connectivity index (χ2n) is 2.17. The minimum Gasteiger partial charge on any atom is -0.395 e. The van der Waals surface area contributed by atoms with Crippen LogP contribution in [0.4, 0.5) is 5.69 Å². The molecule has 1 aromatic heterocycles. The highest BCUT2D eigenvalue weighted by atomic mass is 32.1. The molecule has 1 aromatic rings. The zero-order valence-electron chi connectivity index (χ0n) is 5.93. The summed E-state index contributed by atoms with van der Waals surface area (Å²) in [6, 6.07) is 0. The molecule has 4 heteroatoms. The van der Waals surface area contributed by atoms with Crippen molar-refractivity contribution in [1.29, 1.82) is 0 Å². The van der Waals surface area contributed by atoms with Crippen molar-refractivity contribution in [3.8, 4) is 0 Å². The highest BCUT2D eigenvalue weighted by Gasteiger charge is 1.95. The molecule has 0 aliphatic rings.